The molecule has 0 atom stereocenters. The summed E-state index contributed by atoms with van der Waals surface area (Å²) in [6.07, 6.45) is 2.65. The van der Waals surface area contributed by atoms with Crippen LogP contribution in [0.2, 0.25) is 0 Å². The van der Waals surface area contributed by atoms with Crippen molar-refractivity contribution in [3.05, 3.63) is 54.6 Å². The molecular formula is C22H25N3O2S. The van der Waals surface area contributed by atoms with Gasteiger partial charge in [-0.2, -0.15) is 4.98 Å². The van der Waals surface area contributed by atoms with E-state index in [1.807, 2.05) is 42.1 Å². The second-order valence-electron chi connectivity index (χ2n) is 7.03. The van der Waals surface area contributed by atoms with Gasteiger partial charge in [-0.05, 0) is 49.3 Å². The summed E-state index contributed by atoms with van der Waals surface area (Å²) in [7, 11) is 0. The maximum atomic E-state index is 12.4. The minimum atomic E-state index is 0.0856. The smallest absolute Gasteiger partial charge is 0.298 e. The molecule has 1 N–H and O–H groups in total. The minimum Gasteiger partial charge on any atom is -0.423 e. The Kier molecular flexibility index (Phi) is 6.17. The summed E-state index contributed by atoms with van der Waals surface area (Å²) in [5, 5.41) is 3.10. The van der Waals surface area contributed by atoms with Crippen LogP contribution in [0.1, 0.15) is 19.3 Å². The minimum absolute atomic E-state index is 0.0856. The molecule has 4 rings (SSSR count). The molecule has 1 fully saturated rings. The Hall–Kier alpha value is -2.47. The number of hydrogen-bond donors (Lipinski definition) is 1. The monoisotopic (exact) mass is 395 g/mol. The van der Waals surface area contributed by atoms with Gasteiger partial charge in [0, 0.05) is 30.4 Å². The predicted octanol–water partition coefficient (Wildman–Crippen LogP) is 4.34. The van der Waals surface area contributed by atoms with Gasteiger partial charge < -0.3 is 14.6 Å². The number of amides is 1. The van der Waals surface area contributed by atoms with Crippen molar-refractivity contribution < 1.29 is 9.21 Å². The van der Waals surface area contributed by atoms with E-state index in [-0.39, 0.29) is 11.8 Å². The van der Waals surface area contributed by atoms with Crippen LogP contribution in [0, 0.1) is 5.92 Å². The van der Waals surface area contributed by atoms with Crippen molar-refractivity contribution in [3.63, 3.8) is 0 Å². The van der Waals surface area contributed by atoms with Crippen molar-refractivity contribution in [3.8, 4) is 0 Å². The Balaban J connectivity index is 1.17. The second-order valence-corrected chi connectivity index (χ2v) is 8.20. The first kappa shape index (κ1) is 18.9. The number of anilines is 1. The van der Waals surface area contributed by atoms with E-state index in [0.717, 1.165) is 55.7 Å². The molecule has 0 aliphatic carbocycles. The molecule has 5 nitrogen and oxygen atoms in total. The molecule has 1 aliphatic heterocycles. The Bertz CT molecular complexity index is 871. The van der Waals surface area contributed by atoms with Crippen LogP contribution >= 0.6 is 11.8 Å². The molecule has 28 heavy (non-hydrogen) atoms. The van der Waals surface area contributed by atoms with Crippen LogP contribution in [0.4, 0.5) is 6.01 Å². The molecule has 1 saturated heterocycles. The van der Waals surface area contributed by atoms with Crippen LogP contribution in [-0.4, -0.2) is 36.3 Å². The van der Waals surface area contributed by atoms with E-state index < -0.39 is 0 Å². The average molecular weight is 396 g/mol. The van der Waals surface area contributed by atoms with Gasteiger partial charge in [0.1, 0.15) is 5.52 Å². The normalized spacial score (nSPS) is 15.1. The lowest BCUT2D eigenvalue weighted by Gasteiger charge is -2.30. The predicted molar refractivity (Wildman–Crippen MR) is 114 cm³/mol. The summed E-state index contributed by atoms with van der Waals surface area (Å²) in [5.41, 5.74) is 1.69. The molecular weight excluding hydrogens is 370 g/mol. The molecule has 1 aliphatic rings. The third kappa shape index (κ3) is 4.68. The molecule has 2 heterocycles. The van der Waals surface area contributed by atoms with Crippen LogP contribution in [-0.2, 0) is 4.79 Å². The Morgan fingerprint density at radius 3 is 2.64 bits per heavy atom. The van der Waals surface area contributed by atoms with Gasteiger partial charge >= 0.3 is 0 Å². The molecule has 2 aromatic carbocycles. The largest absolute Gasteiger partial charge is 0.423 e. The van der Waals surface area contributed by atoms with Crippen LogP contribution in [0.15, 0.2) is 63.9 Å². The maximum Gasteiger partial charge on any atom is 0.298 e. The fourth-order valence-electron chi connectivity index (χ4n) is 3.46. The van der Waals surface area contributed by atoms with Crippen LogP contribution in [0.5, 0.6) is 0 Å². The number of carbonyl (C=O) groups excluding carboxylic acids is 1. The second kappa shape index (κ2) is 9.15. The maximum absolute atomic E-state index is 12.4. The highest BCUT2D eigenvalue weighted by Gasteiger charge is 2.26. The first-order valence-electron chi connectivity index (χ1n) is 9.86. The van der Waals surface area contributed by atoms with Gasteiger partial charge in [-0.3, -0.25) is 4.79 Å². The lowest BCUT2D eigenvalue weighted by molar-refractivity contribution is -0.125. The van der Waals surface area contributed by atoms with Crippen molar-refractivity contribution in [2.24, 2.45) is 5.92 Å². The van der Waals surface area contributed by atoms with Crippen molar-refractivity contribution in [2.45, 2.75) is 24.2 Å². The zero-order chi connectivity index (χ0) is 19.2. The summed E-state index contributed by atoms with van der Waals surface area (Å²) in [4.78, 5) is 20.4. The number of fused-ring (bicyclic) bond motifs is 1. The molecule has 1 aromatic heterocycles. The number of nitrogens with zero attached hydrogens (tertiary/aromatic N) is 2. The Labute approximate surface area is 169 Å². The fraction of sp³-hybridized carbons (Fsp3) is 0.364. The van der Waals surface area contributed by atoms with E-state index >= 15 is 0 Å². The summed E-state index contributed by atoms with van der Waals surface area (Å²) >= 11 is 1.83. The van der Waals surface area contributed by atoms with Gasteiger partial charge in [-0.1, -0.05) is 30.3 Å². The lowest BCUT2D eigenvalue weighted by atomic mass is 9.96. The molecule has 0 unspecified atom stereocenters. The fourth-order valence-corrected chi connectivity index (χ4v) is 4.34. The summed E-state index contributed by atoms with van der Waals surface area (Å²) < 4.78 is 5.84. The lowest BCUT2D eigenvalue weighted by Crippen LogP contribution is -2.41. The first-order chi connectivity index (χ1) is 13.8. The van der Waals surface area contributed by atoms with Crippen LogP contribution < -0.4 is 10.2 Å². The number of para-hydroxylation sites is 2. The number of thioether (sulfide) groups is 1. The van der Waals surface area contributed by atoms with Crippen molar-refractivity contribution in [2.75, 3.05) is 30.3 Å². The van der Waals surface area contributed by atoms with Crippen molar-refractivity contribution in [1.29, 1.82) is 0 Å². The van der Waals surface area contributed by atoms with Crippen LogP contribution in [0.3, 0.4) is 0 Å². The topological polar surface area (TPSA) is 58.4 Å². The van der Waals surface area contributed by atoms with Crippen molar-refractivity contribution in [1.82, 2.24) is 10.3 Å². The highest BCUT2D eigenvalue weighted by Crippen LogP contribution is 2.26. The molecule has 0 radical (unpaired) electrons. The van der Waals surface area contributed by atoms with E-state index in [1.54, 1.807) is 0 Å². The SMILES string of the molecule is O=C(NCCCSc1ccccc1)C1CCN(c2nc3ccccc3o2)CC1. The summed E-state index contributed by atoms with van der Waals surface area (Å²) in [6, 6.07) is 18.8. The summed E-state index contributed by atoms with van der Waals surface area (Å²) in [5.74, 6) is 1.28. The van der Waals surface area contributed by atoms with Gasteiger partial charge in [-0.15, -0.1) is 11.8 Å². The van der Waals surface area contributed by atoms with E-state index in [4.69, 9.17) is 4.42 Å². The van der Waals surface area contributed by atoms with E-state index in [0.29, 0.717) is 6.01 Å². The number of piperidine rings is 1. The van der Waals surface area contributed by atoms with Gasteiger partial charge in [0.25, 0.3) is 6.01 Å². The highest BCUT2D eigenvalue weighted by molar-refractivity contribution is 7.99. The third-order valence-corrected chi connectivity index (χ3v) is 6.15. The Morgan fingerprint density at radius 1 is 1.11 bits per heavy atom. The van der Waals surface area contributed by atoms with Gasteiger partial charge in [0.05, 0.1) is 0 Å². The van der Waals surface area contributed by atoms with Gasteiger partial charge in [0.2, 0.25) is 5.91 Å². The number of oxazole rings is 1. The third-order valence-electron chi connectivity index (χ3n) is 5.05. The standard InChI is InChI=1S/C22H25N3O2S/c26-21(23-13-6-16-28-18-7-2-1-3-8-18)17-11-14-25(15-12-17)22-24-19-9-4-5-10-20(19)27-22/h1-5,7-10,17H,6,11-16H2,(H,23,26). The number of nitrogens with one attached hydrogen (secondary N) is 1. The van der Waals surface area contributed by atoms with E-state index in [9.17, 15) is 4.79 Å². The molecule has 0 spiro atoms. The van der Waals surface area contributed by atoms with Gasteiger partial charge in [0.15, 0.2) is 5.58 Å². The zero-order valence-corrected chi connectivity index (χ0v) is 16.7. The first-order valence-corrected chi connectivity index (χ1v) is 10.8. The number of hydrogen-bond acceptors (Lipinski definition) is 5. The summed E-state index contributed by atoms with van der Waals surface area (Å²) in [6.45, 7) is 2.34. The quantitative estimate of drug-likeness (QED) is 0.476. The Morgan fingerprint density at radius 2 is 1.86 bits per heavy atom. The average Bonchev–Trinajstić information content (AvgIpc) is 3.18. The number of benzene rings is 2. The molecule has 0 bridgehead atoms. The molecule has 3 aromatic rings. The molecule has 146 valence electrons. The van der Waals surface area contributed by atoms with Crippen LogP contribution in [0.25, 0.3) is 11.1 Å². The van der Waals surface area contributed by atoms with E-state index in [2.05, 4.69) is 39.5 Å². The molecule has 6 heteroatoms. The van der Waals surface area contributed by atoms with Crippen molar-refractivity contribution >= 4 is 34.8 Å². The molecule has 1 amide bonds. The highest BCUT2D eigenvalue weighted by atomic mass is 32.2. The van der Waals surface area contributed by atoms with Gasteiger partial charge in [-0.25, -0.2) is 0 Å². The van der Waals surface area contributed by atoms with E-state index in [1.165, 1.54) is 4.90 Å². The molecule has 0 saturated carbocycles. The zero-order valence-electron chi connectivity index (χ0n) is 15.8. The number of carbonyl (C=O) groups is 1. The number of rotatable bonds is 7. The number of aromatic nitrogens is 1.